The van der Waals surface area contributed by atoms with E-state index in [2.05, 4.69) is 15.3 Å². The summed E-state index contributed by atoms with van der Waals surface area (Å²) in [5.74, 6) is -0.767. The van der Waals surface area contributed by atoms with Crippen LogP contribution in [-0.4, -0.2) is 35.5 Å². The van der Waals surface area contributed by atoms with Gasteiger partial charge in [0.2, 0.25) is 0 Å². The number of ether oxygens (including phenoxy) is 1. The molecule has 3 rings (SSSR count). The van der Waals surface area contributed by atoms with Crippen molar-refractivity contribution in [2.75, 3.05) is 13.7 Å². The number of esters is 1. The van der Waals surface area contributed by atoms with Crippen molar-refractivity contribution in [3.8, 4) is 0 Å². The Balaban J connectivity index is 1.93. The number of nitrogens with zero attached hydrogens (tertiary/aromatic N) is 1. The van der Waals surface area contributed by atoms with E-state index >= 15 is 0 Å². The van der Waals surface area contributed by atoms with Gasteiger partial charge >= 0.3 is 5.97 Å². The molecule has 2 aromatic heterocycles. The fraction of sp³-hybridized carbons (Fsp3) is 0.286. The van der Waals surface area contributed by atoms with Crippen LogP contribution in [0, 0.1) is 0 Å². The summed E-state index contributed by atoms with van der Waals surface area (Å²) in [5, 5.41) is 3.65. The Hall–Kier alpha value is -3.15. The summed E-state index contributed by atoms with van der Waals surface area (Å²) in [6, 6.07) is 11.2. The van der Waals surface area contributed by atoms with E-state index in [0.717, 1.165) is 29.3 Å². The lowest BCUT2D eigenvalue weighted by Gasteiger charge is -2.09. The zero-order valence-corrected chi connectivity index (χ0v) is 15.5. The molecule has 6 heteroatoms. The monoisotopic (exact) mass is 365 g/mol. The zero-order chi connectivity index (χ0) is 19.2. The third-order valence-corrected chi connectivity index (χ3v) is 4.36. The van der Waals surface area contributed by atoms with Crippen molar-refractivity contribution in [3.05, 3.63) is 65.1 Å². The molecule has 140 valence electrons. The van der Waals surface area contributed by atoms with Crippen LogP contribution in [0.1, 0.15) is 51.9 Å². The lowest BCUT2D eigenvalue weighted by molar-refractivity contribution is 0.0499. The Bertz CT molecular complexity index is 962. The van der Waals surface area contributed by atoms with Crippen LogP contribution >= 0.6 is 0 Å². The molecule has 2 heterocycles. The first kappa shape index (κ1) is 18.6. The van der Waals surface area contributed by atoms with Crippen molar-refractivity contribution in [3.63, 3.8) is 0 Å². The number of nitrogens with one attached hydrogen (secondary N) is 2. The van der Waals surface area contributed by atoms with Crippen LogP contribution in [0.15, 0.2) is 42.6 Å². The number of carbonyl (C=O) groups is 2. The van der Waals surface area contributed by atoms with Crippen molar-refractivity contribution < 1.29 is 14.3 Å². The number of aromatic amines is 1. The van der Waals surface area contributed by atoms with Gasteiger partial charge in [0.1, 0.15) is 5.69 Å². The van der Waals surface area contributed by atoms with Gasteiger partial charge in [-0.3, -0.25) is 4.79 Å². The third-order valence-electron chi connectivity index (χ3n) is 4.36. The van der Waals surface area contributed by atoms with Gasteiger partial charge in [0.05, 0.1) is 12.2 Å². The summed E-state index contributed by atoms with van der Waals surface area (Å²) in [6.45, 7) is 2.40. The minimum absolute atomic E-state index is 0.207. The number of aromatic nitrogens is 2. The molecule has 0 spiro atoms. The Morgan fingerprint density at radius 2 is 2.07 bits per heavy atom. The van der Waals surface area contributed by atoms with E-state index in [1.165, 1.54) is 13.1 Å². The summed E-state index contributed by atoms with van der Waals surface area (Å²) in [6.07, 6.45) is 4.15. The van der Waals surface area contributed by atoms with Gasteiger partial charge < -0.3 is 15.0 Å². The van der Waals surface area contributed by atoms with E-state index in [0.29, 0.717) is 24.3 Å². The van der Waals surface area contributed by atoms with Crippen molar-refractivity contribution in [2.24, 2.45) is 0 Å². The highest BCUT2D eigenvalue weighted by Crippen LogP contribution is 2.21. The molecule has 0 aliphatic rings. The Morgan fingerprint density at radius 3 is 2.85 bits per heavy atom. The van der Waals surface area contributed by atoms with E-state index in [9.17, 15) is 9.59 Å². The highest BCUT2D eigenvalue weighted by Gasteiger charge is 2.16. The summed E-state index contributed by atoms with van der Waals surface area (Å²) in [4.78, 5) is 32.1. The molecule has 0 aliphatic heterocycles. The lowest BCUT2D eigenvalue weighted by atomic mass is 10.0. The van der Waals surface area contributed by atoms with Crippen LogP contribution in [0.25, 0.3) is 10.9 Å². The molecule has 1 aromatic carbocycles. The van der Waals surface area contributed by atoms with E-state index in [4.69, 9.17) is 4.74 Å². The first-order valence-corrected chi connectivity index (χ1v) is 9.07. The van der Waals surface area contributed by atoms with Gasteiger partial charge in [0, 0.05) is 36.3 Å². The Kier molecular flexibility index (Phi) is 5.86. The van der Waals surface area contributed by atoms with Crippen molar-refractivity contribution >= 4 is 22.8 Å². The fourth-order valence-corrected chi connectivity index (χ4v) is 2.93. The first-order valence-electron chi connectivity index (χ1n) is 9.07. The zero-order valence-electron chi connectivity index (χ0n) is 15.5. The van der Waals surface area contributed by atoms with E-state index in [1.807, 2.05) is 37.4 Å². The van der Waals surface area contributed by atoms with Gasteiger partial charge in [-0.15, -0.1) is 0 Å². The maximum absolute atomic E-state index is 12.4. The second-order valence-electron chi connectivity index (χ2n) is 6.33. The third kappa shape index (κ3) is 4.34. The number of benzene rings is 1. The van der Waals surface area contributed by atoms with Crippen molar-refractivity contribution in [2.45, 2.75) is 26.2 Å². The number of fused-ring (bicyclic) bond motifs is 1. The fourth-order valence-electron chi connectivity index (χ4n) is 2.93. The van der Waals surface area contributed by atoms with Crippen LogP contribution < -0.4 is 5.32 Å². The number of hydrogen-bond acceptors (Lipinski definition) is 4. The largest absolute Gasteiger partial charge is 0.462 e. The smallest absolute Gasteiger partial charge is 0.338 e. The van der Waals surface area contributed by atoms with E-state index < -0.39 is 5.97 Å². The van der Waals surface area contributed by atoms with Gasteiger partial charge in [-0.05, 0) is 36.2 Å². The molecule has 2 N–H and O–H groups in total. The SMILES string of the molecule is CCCCOC(=O)c1cc(Cc2cccc3[nH]ccc23)nc(C(=O)NC)c1. The molecule has 27 heavy (non-hydrogen) atoms. The number of amides is 1. The molecule has 0 unspecified atom stereocenters. The van der Waals surface area contributed by atoms with E-state index in [1.54, 1.807) is 6.07 Å². The minimum Gasteiger partial charge on any atom is -0.462 e. The van der Waals surface area contributed by atoms with Crippen LogP contribution in [-0.2, 0) is 11.2 Å². The van der Waals surface area contributed by atoms with Crippen LogP contribution in [0.2, 0.25) is 0 Å². The summed E-state index contributed by atoms with van der Waals surface area (Å²) >= 11 is 0. The molecular formula is C21H23N3O3. The minimum atomic E-state index is -0.433. The molecule has 0 fully saturated rings. The van der Waals surface area contributed by atoms with Crippen LogP contribution in [0.4, 0.5) is 0 Å². The Labute approximate surface area is 158 Å². The average Bonchev–Trinajstić information content (AvgIpc) is 3.17. The highest BCUT2D eigenvalue weighted by molar-refractivity contribution is 5.96. The molecule has 0 aliphatic carbocycles. The molecule has 0 saturated carbocycles. The molecule has 0 bridgehead atoms. The predicted molar refractivity (Wildman–Crippen MR) is 104 cm³/mol. The summed E-state index contributed by atoms with van der Waals surface area (Å²) < 4.78 is 5.30. The van der Waals surface area contributed by atoms with E-state index in [-0.39, 0.29) is 11.6 Å². The maximum atomic E-state index is 12.4. The van der Waals surface area contributed by atoms with Crippen LogP contribution in [0.3, 0.4) is 0 Å². The number of H-pyrrole nitrogens is 1. The lowest BCUT2D eigenvalue weighted by Crippen LogP contribution is -2.21. The standard InChI is InChI=1S/C21H23N3O3/c1-3-4-10-27-21(26)15-12-16(24-19(13-15)20(25)22-2)11-14-6-5-7-18-17(14)8-9-23-18/h5-9,12-13,23H,3-4,10-11H2,1-2H3,(H,22,25). The van der Waals surface area contributed by atoms with Crippen LogP contribution in [0.5, 0.6) is 0 Å². The quantitative estimate of drug-likeness (QED) is 0.496. The Morgan fingerprint density at radius 1 is 1.22 bits per heavy atom. The van der Waals surface area contributed by atoms with Gasteiger partial charge in [0.25, 0.3) is 5.91 Å². The molecule has 3 aromatic rings. The number of carbonyl (C=O) groups excluding carboxylic acids is 2. The summed E-state index contributed by atoms with van der Waals surface area (Å²) in [7, 11) is 1.54. The molecule has 6 nitrogen and oxygen atoms in total. The summed E-state index contributed by atoms with van der Waals surface area (Å²) in [5.41, 5.74) is 3.30. The molecular weight excluding hydrogens is 342 g/mol. The topological polar surface area (TPSA) is 84.1 Å². The number of hydrogen-bond donors (Lipinski definition) is 2. The normalized spacial score (nSPS) is 10.7. The molecule has 1 amide bonds. The first-order chi connectivity index (χ1) is 13.1. The van der Waals surface area contributed by atoms with Gasteiger partial charge in [0.15, 0.2) is 0 Å². The maximum Gasteiger partial charge on any atom is 0.338 e. The average molecular weight is 365 g/mol. The van der Waals surface area contributed by atoms with Crippen molar-refractivity contribution in [1.82, 2.24) is 15.3 Å². The predicted octanol–water partition coefficient (Wildman–Crippen LogP) is 3.47. The second kappa shape index (κ2) is 8.49. The van der Waals surface area contributed by atoms with Gasteiger partial charge in [-0.1, -0.05) is 25.5 Å². The number of unbranched alkanes of at least 4 members (excludes halogenated alkanes) is 1. The van der Waals surface area contributed by atoms with Gasteiger partial charge in [-0.2, -0.15) is 0 Å². The molecule has 0 radical (unpaired) electrons. The van der Waals surface area contributed by atoms with Crippen molar-refractivity contribution in [1.29, 1.82) is 0 Å². The second-order valence-corrected chi connectivity index (χ2v) is 6.33. The molecule has 0 atom stereocenters. The van der Waals surface area contributed by atoms with Gasteiger partial charge in [-0.25, -0.2) is 9.78 Å². The number of pyridine rings is 1. The molecule has 0 saturated heterocycles. The number of rotatable bonds is 7. The highest BCUT2D eigenvalue weighted by atomic mass is 16.5.